The predicted octanol–water partition coefficient (Wildman–Crippen LogP) is 4.54. The third-order valence-electron chi connectivity index (χ3n) is 3.64. The van der Waals surface area contributed by atoms with E-state index in [4.69, 9.17) is 32.7 Å². The van der Waals surface area contributed by atoms with E-state index >= 15 is 0 Å². The Hall–Kier alpha value is -1.96. The first-order chi connectivity index (χ1) is 13.3. The molecule has 0 saturated heterocycles. The molecule has 0 N–H and O–H groups in total. The van der Waals surface area contributed by atoms with E-state index in [-0.39, 0.29) is 27.2 Å². The lowest BCUT2D eigenvalue weighted by Crippen LogP contribution is -2.36. The van der Waals surface area contributed by atoms with E-state index in [1.54, 1.807) is 31.2 Å². The highest BCUT2D eigenvalue weighted by Gasteiger charge is 2.30. The van der Waals surface area contributed by atoms with E-state index in [1.807, 2.05) is 6.92 Å². The van der Waals surface area contributed by atoms with E-state index in [0.29, 0.717) is 12.4 Å². The van der Waals surface area contributed by atoms with Crippen molar-refractivity contribution in [1.29, 1.82) is 0 Å². The molecule has 0 atom stereocenters. The van der Waals surface area contributed by atoms with Crippen molar-refractivity contribution >= 4 is 44.9 Å². The van der Waals surface area contributed by atoms with Crippen molar-refractivity contribution in [3.8, 4) is 5.75 Å². The number of rotatable bonds is 9. The van der Waals surface area contributed by atoms with E-state index in [0.717, 1.165) is 10.7 Å². The summed E-state index contributed by atoms with van der Waals surface area (Å²) in [5.74, 6) is -0.0876. The Morgan fingerprint density at radius 1 is 1.07 bits per heavy atom. The van der Waals surface area contributed by atoms with Crippen LogP contribution < -0.4 is 9.04 Å². The van der Waals surface area contributed by atoms with Gasteiger partial charge >= 0.3 is 5.97 Å². The summed E-state index contributed by atoms with van der Waals surface area (Å²) in [6, 6.07) is 10.5. The van der Waals surface area contributed by atoms with Crippen molar-refractivity contribution in [3.05, 3.63) is 52.5 Å². The molecule has 2 aromatic carbocycles. The van der Waals surface area contributed by atoms with Gasteiger partial charge in [-0.3, -0.25) is 9.10 Å². The van der Waals surface area contributed by atoms with Crippen LogP contribution in [0.1, 0.15) is 20.3 Å². The van der Waals surface area contributed by atoms with E-state index in [2.05, 4.69) is 0 Å². The number of nitrogens with zero attached hydrogens (tertiary/aromatic N) is 1. The molecule has 0 heterocycles. The molecule has 0 aliphatic carbocycles. The molecule has 0 radical (unpaired) electrons. The number of esters is 1. The number of carbonyl (C=O) groups excluding carboxylic acids is 1. The second kappa shape index (κ2) is 10.0. The summed E-state index contributed by atoms with van der Waals surface area (Å²) in [6.45, 7) is 3.80. The quantitative estimate of drug-likeness (QED) is 0.529. The van der Waals surface area contributed by atoms with Crippen molar-refractivity contribution in [2.75, 3.05) is 24.1 Å². The fraction of sp³-hybridized carbons (Fsp3) is 0.316. The summed E-state index contributed by atoms with van der Waals surface area (Å²) in [4.78, 5) is 11.9. The SMILES string of the molecule is CCCOc1ccc(N(CC(=O)OCC)S(=O)(=O)c2cc(Cl)ccc2Cl)cc1. The molecule has 0 spiro atoms. The van der Waals surface area contributed by atoms with Gasteiger partial charge in [-0.25, -0.2) is 8.42 Å². The van der Waals surface area contributed by atoms with Gasteiger partial charge in [-0.15, -0.1) is 0 Å². The summed E-state index contributed by atoms with van der Waals surface area (Å²) >= 11 is 12.0. The molecule has 28 heavy (non-hydrogen) atoms. The van der Waals surface area contributed by atoms with Crippen molar-refractivity contribution in [2.45, 2.75) is 25.2 Å². The molecule has 9 heteroatoms. The molecule has 0 bridgehead atoms. The second-order valence-corrected chi connectivity index (χ2v) is 8.41. The zero-order chi connectivity index (χ0) is 20.7. The van der Waals surface area contributed by atoms with Gasteiger partial charge in [0.1, 0.15) is 17.2 Å². The van der Waals surface area contributed by atoms with Gasteiger partial charge in [0.05, 0.1) is 23.9 Å². The number of carbonyl (C=O) groups is 1. The van der Waals surface area contributed by atoms with Crippen LogP contribution in [0.25, 0.3) is 0 Å². The van der Waals surface area contributed by atoms with Crippen LogP contribution >= 0.6 is 23.2 Å². The minimum absolute atomic E-state index is 0.00107. The number of sulfonamides is 1. The van der Waals surface area contributed by atoms with Gasteiger partial charge in [0.25, 0.3) is 10.0 Å². The summed E-state index contributed by atoms with van der Waals surface area (Å²) in [5, 5.41) is 0.212. The Morgan fingerprint density at radius 3 is 2.36 bits per heavy atom. The van der Waals surface area contributed by atoms with Gasteiger partial charge in [-0.05, 0) is 55.8 Å². The molecule has 0 aliphatic heterocycles. The van der Waals surface area contributed by atoms with Crippen LogP contribution in [0.15, 0.2) is 47.4 Å². The van der Waals surface area contributed by atoms with Crippen molar-refractivity contribution in [3.63, 3.8) is 0 Å². The molecule has 0 amide bonds. The van der Waals surface area contributed by atoms with Gasteiger partial charge < -0.3 is 9.47 Å². The van der Waals surface area contributed by atoms with Crippen LogP contribution in [0.5, 0.6) is 5.75 Å². The molecule has 2 rings (SSSR count). The largest absolute Gasteiger partial charge is 0.494 e. The predicted molar refractivity (Wildman–Crippen MR) is 110 cm³/mol. The first-order valence-electron chi connectivity index (χ1n) is 8.65. The van der Waals surface area contributed by atoms with Gasteiger partial charge in [0.15, 0.2) is 0 Å². The topological polar surface area (TPSA) is 72.9 Å². The minimum Gasteiger partial charge on any atom is -0.494 e. The highest BCUT2D eigenvalue weighted by atomic mass is 35.5. The van der Waals surface area contributed by atoms with Gasteiger partial charge in [0.2, 0.25) is 0 Å². The number of hydrogen-bond donors (Lipinski definition) is 0. The Labute approximate surface area is 175 Å². The van der Waals surface area contributed by atoms with Gasteiger partial charge in [-0.2, -0.15) is 0 Å². The highest BCUT2D eigenvalue weighted by molar-refractivity contribution is 7.93. The molecule has 0 unspecified atom stereocenters. The zero-order valence-electron chi connectivity index (χ0n) is 15.5. The highest BCUT2D eigenvalue weighted by Crippen LogP contribution is 2.31. The lowest BCUT2D eigenvalue weighted by Gasteiger charge is -2.24. The Balaban J connectivity index is 2.46. The van der Waals surface area contributed by atoms with Crippen LogP contribution in [-0.2, 0) is 19.6 Å². The Bertz CT molecular complexity index is 916. The Morgan fingerprint density at radius 2 is 1.75 bits per heavy atom. The molecule has 0 saturated carbocycles. The molecule has 152 valence electrons. The fourth-order valence-electron chi connectivity index (χ4n) is 2.36. The smallest absolute Gasteiger partial charge is 0.326 e. The lowest BCUT2D eigenvalue weighted by molar-refractivity contribution is -0.141. The molecular weight excluding hydrogens is 425 g/mol. The first kappa shape index (κ1) is 22.3. The summed E-state index contributed by atoms with van der Waals surface area (Å²) in [7, 11) is -4.18. The molecule has 0 aliphatic rings. The average molecular weight is 446 g/mol. The van der Waals surface area contributed by atoms with Gasteiger partial charge in [0, 0.05) is 5.02 Å². The van der Waals surface area contributed by atoms with E-state index < -0.39 is 22.5 Å². The molecule has 6 nitrogen and oxygen atoms in total. The monoisotopic (exact) mass is 445 g/mol. The van der Waals surface area contributed by atoms with Crippen LogP contribution in [0.3, 0.4) is 0 Å². The molecular formula is C19H21Cl2NO5S. The lowest BCUT2D eigenvalue weighted by atomic mass is 10.3. The normalized spacial score (nSPS) is 11.1. The minimum atomic E-state index is -4.18. The summed E-state index contributed by atoms with van der Waals surface area (Å²) in [5.41, 5.74) is 0.271. The standard InChI is InChI=1S/C19H21Cl2NO5S/c1-3-11-27-16-8-6-15(7-9-16)22(13-19(23)26-4-2)28(24,25)18-12-14(20)5-10-17(18)21/h5-10,12H,3-4,11,13H2,1-2H3. The van der Waals surface area contributed by atoms with Crippen LogP contribution in [-0.4, -0.2) is 34.1 Å². The van der Waals surface area contributed by atoms with Gasteiger partial charge in [-0.1, -0.05) is 30.1 Å². The third kappa shape index (κ3) is 5.53. The zero-order valence-corrected chi connectivity index (χ0v) is 17.9. The fourth-order valence-corrected chi connectivity index (χ4v) is 4.51. The molecule has 0 fully saturated rings. The average Bonchev–Trinajstić information content (AvgIpc) is 2.67. The van der Waals surface area contributed by atoms with Crippen molar-refractivity contribution in [1.82, 2.24) is 0 Å². The number of anilines is 1. The van der Waals surface area contributed by atoms with Crippen LogP contribution in [0, 0.1) is 0 Å². The summed E-state index contributed by atoms with van der Waals surface area (Å²) in [6.07, 6.45) is 0.846. The van der Waals surface area contributed by atoms with Crippen molar-refractivity contribution in [2.24, 2.45) is 0 Å². The molecule has 2 aromatic rings. The van der Waals surface area contributed by atoms with Crippen molar-refractivity contribution < 1.29 is 22.7 Å². The van der Waals surface area contributed by atoms with Crippen LogP contribution in [0.2, 0.25) is 10.0 Å². The third-order valence-corrected chi connectivity index (χ3v) is 6.13. The maximum Gasteiger partial charge on any atom is 0.326 e. The number of benzene rings is 2. The number of ether oxygens (including phenoxy) is 2. The Kier molecular flexibility index (Phi) is 7.98. The first-order valence-corrected chi connectivity index (χ1v) is 10.9. The van der Waals surface area contributed by atoms with Crippen LogP contribution in [0.4, 0.5) is 5.69 Å². The van der Waals surface area contributed by atoms with E-state index in [9.17, 15) is 13.2 Å². The van der Waals surface area contributed by atoms with E-state index in [1.165, 1.54) is 18.2 Å². The maximum atomic E-state index is 13.2. The molecule has 0 aromatic heterocycles. The number of halogens is 2. The number of hydrogen-bond acceptors (Lipinski definition) is 5. The summed E-state index contributed by atoms with van der Waals surface area (Å²) < 4.78 is 37.9. The second-order valence-electron chi connectivity index (χ2n) is 5.73. The maximum absolute atomic E-state index is 13.2.